The van der Waals surface area contributed by atoms with E-state index in [1.807, 2.05) is 122 Å². The molecule has 0 unspecified atom stereocenters. The Balaban J connectivity index is 0.000000129. The minimum absolute atomic E-state index is 0.00915. The van der Waals surface area contributed by atoms with Gasteiger partial charge in [-0.15, -0.1) is 0 Å². The fourth-order valence-corrected chi connectivity index (χ4v) is 15.8. The number of aryl methyl sites for hydroxylation is 2. The van der Waals surface area contributed by atoms with Gasteiger partial charge in [0.25, 0.3) is 22.2 Å². The summed E-state index contributed by atoms with van der Waals surface area (Å²) in [5.41, 5.74) is 8.92. The summed E-state index contributed by atoms with van der Waals surface area (Å²) in [7, 11) is 0. The number of nitrogens with one attached hydrogen (secondary N) is 6. The van der Waals surface area contributed by atoms with E-state index in [-0.39, 0.29) is 22.2 Å². The molecule has 7 aromatic heterocycles. The van der Waals surface area contributed by atoms with Crippen LogP contribution in [0.15, 0.2) is 227 Å². The number of aromatic nitrogens is 11. The summed E-state index contributed by atoms with van der Waals surface area (Å²) in [5, 5.41) is 16.4. The summed E-state index contributed by atoms with van der Waals surface area (Å²) in [6.45, 7) is 13.8. The molecule has 4 fully saturated rings. The first kappa shape index (κ1) is 78.3. The van der Waals surface area contributed by atoms with Gasteiger partial charge in [0.05, 0.1) is 112 Å². The van der Waals surface area contributed by atoms with Crippen molar-refractivity contribution in [3.63, 3.8) is 0 Å². The predicted molar refractivity (Wildman–Crippen MR) is 456 cm³/mol. The van der Waals surface area contributed by atoms with Crippen molar-refractivity contribution in [1.82, 2.24) is 69.5 Å². The molecule has 1 saturated carbocycles. The van der Waals surface area contributed by atoms with Crippen LogP contribution in [0.1, 0.15) is 82.6 Å². The van der Waals surface area contributed by atoms with Gasteiger partial charge < -0.3 is 59.6 Å². The largest absolute Gasteiger partial charge is 0.493 e. The third-order valence-electron chi connectivity index (χ3n) is 22.5. The van der Waals surface area contributed by atoms with Crippen LogP contribution >= 0.6 is 0 Å². The van der Waals surface area contributed by atoms with Crippen LogP contribution in [0.2, 0.25) is 0 Å². The summed E-state index contributed by atoms with van der Waals surface area (Å²) in [4.78, 5) is 91.3. The van der Waals surface area contributed by atoms with E-state index in [0.717, 1.165) is 186 Å². The Hall–Kier alpha value is -12.0. The van der Waals surface area contributed by atoms with Gasteiger partial charge >= 0.3 is 0 Å². The Morgan fingerprint density at radius 2 is 0.757 bits per heavy atom. The molecule has 4 aliphatic rings. The Morgan fingerprint density at radius 3 is 1.22 bits per heavy atom. The molecule has 10 heterocycles. The van der Waals surface area contributed by atoms with Gasteiger partial charge in [0, 0.05) is 103 Å². The lowest BCUT2D eigenvalue weighted by Gasteiger charge is -2.32. The van der Waals surface area contributed by atoms with Gasteiger partial charge in [-0.25, -0.2) is 19.9 Å². The third kappa shape index (κ3) is 21.1. The number of hydrogen-bond acceptors (Lipinski definition) is 20. The van der Waals surface area contributed by atoms with E-state index in [2.05, 4.69) is 118 Å². The number of aromatic amines is 3. The Morgan fingerprint density at radius 1 is 0.365 bits per heavy atom. The summed E-state index contributed by atoms with van der Waals surface area (Å²) in [6.07, 6.45) is 26.6. The Labute approximate surface area is 666 Å². The molecule has 6 N–H and O–H groups in total. The van der Waals surface area contributed by atoms with E-state index in [0.29, 0.717) is 87.0 Å². The summed E-state index contributed by atoms with van der Waals surface area (Å²) in [6, 6.07) is 52.8. The molecule has 24 heteroatoms. The fourth-order valence-electron chi connectivity index (χ4n) is 15.8. The van der Waals surface area contributed by atoms with Gasteiger partial charge in [-0.3, -0.25) is 38.7 Å². The molecule has 7 aromatic carbocycles. The highest BCUT2D eigenvalue weighted by Crippen LogP contribution is 2.30. The average molecular weight is 1550 g/mol. The number of nitrogens with zero attached hydrogens (tertiary/aromatic N) is 10. The van der Waals surface area contributed by atoms with Crippen molar-refractivity contribution in [1.29, 1.82) is 0 Å². The van der Waals surface area contributed by atoms with Crippen molar-refractivity contribution in [2.75, 3.05) is 103 Å². The number of likely N-dealkylation sites (tertiary alicyclic amines) is 2. The number of fused-ring (bicyclic) bond motifs is 7. The molecular weight excluding hydrogens is 1450 g/mol. The summed E-state index contributed by atoms with van der Waals surface area (Å²) in [5.74, 6) is 5.49. The molecule has 0 amide bonds. The number of benzene rings is 7. The van der Waals surface area contributed by atoms with Crippen molar-refractivity contribution in [2.24, 2.45) is 23.7 Å². The first-order chi connectivity index (χ1) is 56.6. The minimum atomic E-state index is -0.125. The maximum atomic E-state index is 13.2. The second-order valence-electron chi connectivity index (χ2n) is 30.4. The highest BCUT2D eigenvalue weighted by molar-refractivity contribution is 5.92. The number of pyridine rings is 3. The van der Waals surface area contributed by atoms with E-state index < -0.39 is 0 Å². The molecule has 0 radical (unpaired) electrons. The van der Waals surface area contributed by atoms with E-state index in [4.69, 9.17) is 18.9 Å². The molecule has 3 aliphatic heterocycles. The SMILES string of the molecule is O=c1[nH]cnc2cc(OCC3CCCCC3)ccc12.O=c1[nH]cnc2cc(OCC3CCN(CCNc4ccnc5ccccc45)CC3)ccc12.O=c1[nH]cnc2cc(OCC3CCNCC3)ccc12.O=c1c2ccc(OCC3CCN(CCNc4ccnc5ccccc45)CC3)cc2ncn1CCCc1ccnc2ccccc12. The lowest BCUT2D eigenvalue weighted by Crippen LogP contribution is -2.38. The van der Waals surface area contributed by atoms with Crippen molar-refractivity contribution in [3.05, 3.63) is 255 Å². The molecule has 24 nitrogen and oxygen atoms in total. The number of anilines is 2. The Bertz CT molecular complexity index is 5690. The maximum absolute atomic E-state index is 13.2. The van der Waals surface area contributed by atoms with E-state index in [9.17, 15) is 19.2 Å². The molecular formula is C91H100N16O8. The van der Waals surface area contributed by atoms with Gasteiger partial charge in [0.2, 0.25) is 0 Å². The fraction of sp³-hybridized carbons (Fsp3) is 0.352. The number of piperidine rings is 3. The zero-order chi connectivity index (χ0) is 78.3. The summed E-state index contributed by atoms with van der Waals surface area (Å²) >= 11 is 0. The zero-order valence-electron chi connectivity index (χ0n) is 65.0. The minimum Gasteiger partial charge on any atom is -0.493 e. The van der Waals surface area contributed by atoms with Crippen LogP contribution in [0.25, 0.3) is 76.3 Å². The van der Waals surface area contributed by atoms with Crippen molar-refractivity contribution in [2.45, 2.75) is 90.0 Å². The van der Waals surface area contributed by atoms with Crippen LogP contribution in [-0.2, 0) is 13.0 Å². The van der Waals surface area contributed by atoms with Crippen LogP contribution in [0.3, 0.4) is 0 Å². The number of para-hydroxylation sites is 3. The number of H-pyrrole nitrogens is 3. The molecule has 115 heavy (non-hydrogen) atoms. The smallest absolute Gasteiger partial charge is 0.261 e. The topological polar surface area (TPSA) is 290 Å². The van der Waals surface area contributed by atoms with Crippen molar-refractivity contribution in [3.8, 4) is 23.0 Å². The second kappa shape index (κ2) is 39.2. The van der Waals surface area contributed by atoms with Crippen LogP contribution in [0.4, 0.5) is 11.4 Å². The van der Waals surface area contributed by atoms with E-state index in [1.165, 1.54) is 67.4 Å². The molecule has 3 saturated heterocycles. The first-order valence-electron chi connectivity index (χ1n) is 40.7. The van der Waals surface area contributed by atoms with E-state index >= 15 is 0 Å². The van der Waals surface area contributed by atoms with Gasteiger partial charge in [0.1, 0.15) is 23.0 Å². The predicted octanol–water partition coefficient (Wildman–Crippen LogP) is 14.2. The number of ether oxygens (including phenoxy) is 4. The van der Waals surface area contributed by atoms with Crippen LogP contribution < -0.4 is 57.1 Å². The van der Waals surface area contributed by atoms with Crippen LogP contribution in [-0.4, -0.2) is 156 Å². The molecule has 0 bridgehead atoms. The van der Waals surface area contributed by atoms with Gasteiger partial charge in [0.15, 0.2) is 0 Å². The number of rotatable bonds is 24. The van der Waals surface area contributed by atoms with Crippen LogP contribution in [0, 0.1) is 23.7 Å². The number of hydrogen-bond donors (Lipinski definition) is 6. The molecule has 18 rings (SSSR count). The van der Waals surface area contributed by atoms with Crippen LogP contribution in [0.5, 0.6) is 23.0 Å². The summed E-state index contributed by atoms with van der Waals surface area (Å²) < 4.78 is 25.6. The van der Waals surface area contributed by atoms with Crippen molar-refractivity contribution < 1.29 is 18.9 Å². The van der Waals surface area contributed by atoms with Crippen molar-refractivity contribution >= 4 is 87.7 Å². The standard InChI is InChI=1S/C37H38N6O2.C25H27N5O2.C15H18N2O2.C14H17N3O2/c44-37-32-12-11-29(24-36(32)41-26-43(37)20-5-6-28-13-17-38-33-9-3-1-7-30(28)33)45-25-27-15-21-42(22-16-27)23-19-40-35-14-18-39-34-10-4-2-8-31(34)35;31-25-21-6-5-19(15-24(21)28-17-29-25)32-16-18-8-12-30(13-9-18)14-11-27-23-7-10-26-22-4-2-1-3-20(22)23;18-15-13-7-6-12(8-14(13)16-10-17-15)19-9-11-4-2-1-3-5-11;18-14-12-2-1-11(7-13(12)16-9-17-14)19-8-10-3-5-15-6-4-10/h1-4,7-14,17-18,24,26-27H,5-6,15-16,19-23,25H2,(H,39,40);1-7,10,15,17-18H,8-9,11-14,16H2,(H,26,27)(H,28,29,31);6-8,10-11H,1-5,9H2,(H,16,17,18);1-2,7,9-10,15H,3-6,8H2,(H,16,17,18). The maximum Gasteiger partial charge on any atom is 0.261 e. The normalized spacial score (nSPS) is 15.3. The van der Waals surface area contributed by atoms with Gasteiger partial charge in [-0.2, -0.15) is 0 Å². The highest BCUT2D eigenvalue weighted by atomic mass is 16.5. The molecule has 0 spiro atoms. The first-order valence-corrected chi connectivity index (χ1v) is 40.7. The molecule has 0 atom stereocenters. The van der Waals surface area contributed by atoms with Gasteiger partial charge in [-0.1, -0.05) is 73.9 Å². The quantitative estimate of drug-likeness (QED) is 0.0328. The molecule has 592 valence electrons. The molecule has 1 aliphatic carbocycles. The second-order valence-corrected chi connectivity index (χ2v) is 30.4. The lowest BCUT2D eigenvalue weighted by atomic mass is 9.90. The zero-order valence-corrected chi connectivity index (χ0v) is 65.0. The Kier molecular flexibility index (Phi) is 26.7. The van der Waals surface area contributed by atoms with E-state index in [1.54, 1.807) is 29.1 Å². The monoisotopic (exact) mass is 1540 g/mol. The average Bonchev–Trinajstić information content (AvgIpc) is 0.779. The third-order valence-corrected chi connectivity index (χ3v) is 22.5. The van der Waals surface area contributed by atoms with Gasteiger partial charge in [-0.05, 0) is 218 Å². The lowest BCUT2D eigenvalue weighted by molar-refractivity contribution is 0.145. The highest BCUT2D eigenvalue weighted by Gasteiger charge is 2.23. The molecule has 14 aromatic rings.